The monoisotopic (exact) mass is 263 g/mol. The predicted molar refractivity (Wildman–Crippen MR) is 71.3 cm³/mol. The van der Waals surface area contributed by atoms with E-state index in [1.165, 1.54) is 0 Å². The molecule has 1 fully saturated rings. The first-order chi connectivity index (χ1) is 9.08. The van der Waals surface area contributed by atoms with Gasteiger partial charge in [0, 0.05) is 37.8 Å². The van der Waals surface area contributed by atoms with Crippen LogP contribution in [0.25, 0.3) is 0 Å². The van der Waals surface area contributed by atoms with Crippen molar-refractivity contribution in [3.63, 3.8) is 0 Å². The van der Waals surface area contributed by atoms with Crippen LogP contribution >= 0.6 is 0 Å². The summed E-state index contributed by atoms with van der Waals surface area (Å²) in [5.41, 5.74) is 2.06. The summed E-state index contributed by atoms with van der Waals surface area (Å²) in [6.07, 6.45) is 4.08. The lowest BCUT2D eigenvalue weighted by Crippen LogP contribution is -2.38. The first-order valence-corrected chi connectivity index (χ1v) is 6.36. The van der Waals surface area contributed by atoms with Crippen molar-refractivity contribution in [1.29, 1.82) is 0 Å². The zero-order valence-corrected chi connectivity index (χ0v) is 10.9. The molecule has 7 heteroatoms. The molecule has 0 radical (unpaired) electrons. The summed E-state index contributed by atoms with van der Waals surface area (Å²) >= 11 is 0. The molecule has 1 aromatic rings. The van der Waals surface area contributed by atoms with Crippen molar-refractivity contribution in [1.82, 2.24) is 15.2 Å². The van der Waals surface area contributed by atoms with E-state index >= 15 is 0 Å². The van der Waals surface area contributed by atoms with Crippen molar-refractivity contribution in [2.24, 2.45) is 0 Å². The van der Waals surface area contributed by atoms with Crippen LogP contribution in [0.3, 0.4) is 0 Å². The van der Waals surface area contributed by atoms with E-state index in [4.69, 9.17) is 10.0 Å². The van der Waals surface area contributed by atoms with Gasteiger partial charge in [0.25, 0.3) is 0 Å². The second-order valence-corrected chi connectivity index (χ2v) is 4.87. The van der Waals surface area contributed by atoms with Crippen molar-refractivity contribution in [2.75, 3.05) is 13.1 Å². The van der Waals surface area contributed by atoms with Crippen LogP contribution in [-0.4, -0.2) is 46.2 Å². The molecule has 0 saturated carbocycles. The number of carbonyl (C=O) groups excluding carboxylic acids is 1. The number of hydrogen-bond acceptors (Lipinski definition) is 4. The first-order valence-electron chi connectivity index (χ1n) is 6.36. The fourth-order valence-corrected chi connectivity index (χ4v) is 2.20. The molecule has 0 bridgehead atoms. The molecule has 1 atom stereocenters. The molecule has 2 rings (SSSR count). The Morgan fingerprint density at radius 1 is 1.63 bits per heavy atom. The van der Waals surface area contributed by atoms with Crippen molar-refractivity contribution in [2.45, 2.75) is 25.7 Å². The predicted octanol–water partition coefficient (Wildman–Crippen LogP) is 0.148. The fraction of sp³-hybridized carbons (Fsp3) is 0.500. The summed E-state index contributed by atoms with van der Waals surface area (Å²) in [4.78, 5) is 17.5. The summed E-state index contributed by atoms with van der Waals surface area (Å²) in [5, 5.41) is 21.0. The van der Waals surface area contributed by atoms with E-state index in [-0.39, 0.29) is 11.8 Å². The molecule has 102 valence electrons. The van der Waals surface area contributed by atoms with Gasteiger partial charge in [-0.25, -0.2) is 4.79 Å². The molecule has 6 nitrogen and oxygen atoms in total. The van der Waals surface area contributed by atoms with E-state index in [2.05, 4.69) is 10.3 Å². The lowest BCUT2D eigenvalue weighted by Gasteiger charge is -2.17. The maximum Gasteiger partial charge on any atom is 0.456 e. The number of nitrogens with one attached hydrogen (secondary N) is 1. The minimum atomic E-state index is -1.35. The van der Waals surface area contributed by atoms with E-state index in [1.807, 2.05) is 13.0 Å². The van der Waals surface area contributed by atoms with Crippen LogP contribution in [0.15, 0.2) is 18.5 Å². The summed E-state index contributed by atoms with van der Waals surface area (Å²) < 4.78 is 0. The standard InChI is InChI=1S/C12H18BN3O3/c1-9-6-14-4-2-10(9)7-15-12(17)16-5-3-11(8-16)13(18)19/h2,4,6,11,18-19H,3,5,7-8H2,1H3,(H,15,17). The van der Waals surface area contributed by atoms with Gasteiger partial charge >= 0.3 is 13.1 Å². The Morgan fingerprint density at radius 2 is 2.42 bits per heavy atom. The van der Waals surface area contributed by atoms with E-state index in [0.29, 0.717) is 26.1 Å². The normalized spacial score (nSPS) is 18.5. The number of pyridine rings is 1. The number of urea groups is 1. The number of nitrogens with zero attached hydrogens (tertiary/aromatic N) is 2. The minimum Gasteiger partial charge on any atom is -0.427 e. The van der Waals surface area contributed by atoms with Crippen LogP contribution in [0.2, 0.25) is 5.82 Å². The van der Waals surface area contributed by atoms with E-state index in [0.717, 1.165) is 11.1 Å². The van der Waals surface area contributed by atoms with Gasteiger partial charge in [-0.2, -0.15) is 0 Å². The quantitative estimate of drug-likeness (QED) is 0.677. The number of likely N-dealkylation sites (tertiary alicyclic amines) is 1. The molecule has 2 heterocycles. The number of amides is 2. The highest BCUT2D eigenvalue weighted by Crippen LogP contribution is 2.22. The second kappa shape index (κ2) is 6.03. The van der Waals surface area contributed by atoms with Crippen LogP contribution in [0.1, 0.15) is 17.5 Å². The number of aryl methyl sites for hydroxylation is 1. The molecule has 0 aliphatic carbocycles. The summed E-state index contributed by atoms with van der Waals surface area (Å²) in [6, 6.07) is 1.71. The molecule has 1 aromatic heterocycles. The Hall–Kier alpha value is -1.60. The Kier molecular flexibility index (Phi) is 4.39. The third-order valence-electron chi connectivity index (χ3n) is 3.50. The van der Waals surface area contributed by atoms with Crippen LogP contribution in [0.5, 0.6) is 0 Å². The maximum absolute atomic E-state index is 11.9. The van der Waals surface area contributed by atoms with Gasteiger partial charge in [0.1, 0.15) is 0 Å². The molecule has 3 N–H and O–H groups in total. The van der Waals surface area contributed by atoms with E-state index in [1.54, 1.807) is 17.3 Å². The average Bonchev–Trinajstić information content (AvgIpc) is 2.87. The molecule has 0 spiro atoms. The van der Waals surface area contributed by atoms with Gasteiger partial charge < -0.3 is 20.3 Å². The molecule has 1 aliphatic heterocycles. The second-order valence-electron chi connectivity index (χ2n) is 4.87. The topological polar surface area (TPSA) is 85.7 Å². The van der Waals surface area contributed by atoms with Gasteiger partial charge in [-0.15, -0.1) is 0 Å². The Morgan fingerprint density at radius 3 is 3.05 bits per heavy atom. The summed E-state index contributed by atoms with van der Waals surface area (Å²) in [6.45, 7) is 3.35. The van der Waals surface area contributed by atoms with Gasteiger partial charge in [-0.05, 0) is 30.5 Å². The van der Waals surface area contributed by atoms with Crippen LogP contribution in [0, 0.1) is 6.92 Å². The molecule has 2 amide bonds. The van der Waals surface area contributed by atoms with Crippen molar-refractivity contribution in [3.05, 3.63) is 29.6 Å². The maximum atomic E-state index is 11.9. The summed E-state index contributed by atoms with van der Waals surface area (Å²) in [7, 11) is -1.35. The largest absolute Gasteiger partial charge is 0.456 e. The van der Waals surface area contributed by atoms with Crippen molar-refractivity contribution in [3.8, 4) is 0 Å². The Balaban J connectivity index is 1.84. The Labute approximate surface area is 112 Å². The molecule has 1 unspecified atom stereocenters. The zero-order chi connectivity index (χ0) is 13.8. The summed E-state index contributed by atoms with van der Waals surface area (Å²) in [5.74, 6) is -0.242. The highest BCUT2D eigenvalue weighted by molar-refractivity contribution is 6.43. The fourth-order valence-electron chi connectivity index (χ4n) is 2.20. The van der Waals surface area contributed by atoms with Gasteiger partial charge in [0.15, 0.2) is 0 Å². The molecular formula is C12H18BN3O3. The van der Waals surface area contributed by atoms with Crippen molar-refractivity contribution >= 4 is 13.1 Å². The first kappa shape index (κ1) is 13.8. The van der Waals surface area contributed by atoms with Crippen LogP contribution in [-0.2, 0) is 6.54 Å². The SMILES string of the molecule is Cc1cnccc1CNC(=O)N1CCC(B(O)O)C1. The highest BCUT2D eigenvalue weighted by atomic mass is 16.4. The Bertz CT molecular complexity index is 456. The molecule has 0 aromatic carbocycles. The third kappa shape index (κ3) is 3.45. The number of aromatic nitrogens is 1. The third-order valence-corrected chi connectivity index (χ3v) is 3.50. The van der Waals surface area contributed by atoms with Crippen LogP contribution in [0.4, 0.5) is 4.79 Å². The van der Waals surface area contributed by atoms with Gasteiger partial charge in [0.05, 0.1) is 0 Å². The number of rotatable bonds is 3. The highest BCUT2D eigenvalue weighted by Gasteiger charge is 2.33. The molecular weight excluding hydrogens is 245 g/mol. The van der Waals surface area contributed by atoms with Gasteiger partial charge in [0.2, 0.25) is 0 Å². The molecule has 1 saturated heterocycles. The minimum absolute atomic E-state index is 0.167. The average molecular weight is 263 g/mol. The molecule has 19 heavy (non-hydrogen) atoms. The number of hydrogen-bond donors (Lipinski definition) is 3. The van der Waals surface area contributed by atoms with E-state index < -0.39 is 7.12 Å². The van der Waals surface area contributed by atoms with E-state index in [9.17, 15) is 4.79 Å². The van der Waals surface area contributed by atoms with Gasteiger partial charge in [-0.3, -0.25) is 4.98 Å². The van der Waals surface area contributed by atoms with Crippen molar-refractivity contribution < 1.29 is 14.8 Å². The molecule has 1 aliphatic rings. The van der Waals surface area contributed by atoms with Gasteiger partial charge in [-0.1, -0.05) is 0 Å². The number of carbonyl (C=O) groups is 1. The zero-order valence-electron chi connectivity index (χ0n) is 10.9. The lowest BCUT2D eigenvalue weighted by atomic mass is 9.72. The lowest BCUT2D eigenvalue weighted by molar-refractivity contribution is 0.208. The van der Waals surface area contributed by atoms with Crippen LogP contribution < -0.4 is 5.32 Å². The smallest absolute Gasteiger partial charge is 0.427 e.